The number of esters is 3. The van der Waals surface area contributed by atoms with Crippen LogP contribution < -0.4 is 0 Å². The van der Waals surface area contributed by atoms with E-state index in [2.05, 4.69) is 142 Å². The van der Waals surface area contributed by atoms with Crippen LogP contribution >= 0.6 is 0 Å². The van der Waals surface area contributed by atoms with Crippen molar-refractivity contribution in [3.63, 3.8) is 0 Å². The summed E-state index contributed by atoms with van der Waals surface area (Å²) in [6.07, 6.45) is 83.5. The van der Waals surface area contributed by atoms with Crippen molar-refractivity contribution in [3.05, 3.63) is 122 Å². The second-order valence-electron chi connectivity index (χ2n) is 19.5. The van der Waals surface area contributed by atoms with Crippen LogP contribution in [0.25, 0.3) is 0 Å². The Morgan fingerprint density at radius 2 is 0.534 bits per heavy atom. The number of unbranched alkanes of at least 4 members (excludes halogenated alkanes) is 22. The first-order valence-electron chi connectivity index (χ1n) is 30.0. The molecule has 0 saturated carbocycles. The minimum absolute atomic E-state index is 0.126. The van der Waals surface area contributed by atoms with Gasteiger partial charge in [0, 0.05) is 19.3 Å². The molecule has 0 aliphatic rings. The summed E-state index contributed by atoms with van der Waals surface area (Å²) in [4.78, 5) is 38.2. The van der Waals surface area contributed by atoms with Gasteiger partial charge in [-0.05, 0) is 96.3 Å². The van der Waals surface area contributed by atoms with Crippen molar-refractivity contribution in [1.29, 1.82) is 0 Å². The Morgan fingerprint density at radius 1 is 0.288 bits per heavy atom. The molecule has 0 atom stereocenters. The lowest BCUT2D eigenvalue weighted by atomic mass is 10.0. The smallest absolute Gasteiger partial charge is 0.306 e. The van der Waals surface area contributed by atoms with Gasteiger partial charge in [-0.1, -0.05) is 271 Å². The highest BCUT2D eigenvalue weighted by Gasteiger charge is 2.19. The molecule has 0 aromatic heterocycles. The molecule has 0 aromatic rings. The van der Waals surface area contributed by atoms with E-state index < -0.39 is 6.10 Å². The highest BCUT2D eigenvalue weighted by Crippen LogP contribution is 2.16. The van der Waals surface area contributed by atoms with E-state index in [0.717, 1.165) is 96.3 Å². The summed E-state index contributed by atoms with van der Waals surface area (Å²) in [6.45, 7) is 6.33. The third-order valence-electron chi connectivity index (χ3n) is 12.5. The second-order valence-corrected chi connectivity index (χ2v) is 19.5. The van der Waals surface area contributed by atoms with Crippen LogP contribution in [-0.4, -0.2) is 37.2 Å². The largest absolute Gasteiger partial charge is 0.462 e. The molecule has 0 heterocycles. The van der Waals surface area contributed by atoms with Crippen LogP contribution in [0.1, 0.15) is 265 Å². The lowest BCUT2D eigenvalue weighted by molar-refractivity contribution is -0.167. The molecule has 0 aliphatic heterocycles. The van der Waals surface area contributed by atoms with Gasteiger partial charge >= 0.3 is 17.9 Å². The van der Waals surface area contributed by atoms with Crippen molar-refractivity contribution in [2.75, 3.05) is 13.2 Å². The maximum atomic E-state index is 12.9. The molecule has 0 bridgehead atoms. The average Bonchev–Trinajstić information content (AvgIpc) is 3.39. The van der Waals surface area contributed by atoms with Gasteiger partial charge in [-0.2, -0.15) is 0 Å². The van der Waals surface area contributed by atoms with Crippen LogP contribution in [0.3, 0.4) is 0 Å². The topological polar surface area (TPSA) is 78.9 Å². The Morgan fingerprint density at radius 3 is 0.822 bits per heavy atom. The summed E-state index contributed by atoms with van der Waals surface area (Å²) in [5.41, 5.74) is 0. The van der Waals surface area contributed by atoms with Crippen LogP contribution in [0.4, 0.5) is 0 Å². The maximum absolute atomic E-state index is 12.9. The first-order chi connectivity index (χ1) is 36.0. The number of hydrogen-bond donors (Lipinski definition) is 0. The van der Waals surface area contributed by atoms with Gasteiger partial charge in [0.1, 0.15) is 13.2 Å². The number of rotatable bonds is 53. The lowest BCUT2D eigenvalue weighted by Gasteiger charge is -2.18. The highest BCUT2D eigenvalue weighted by atomic mass is 16.6. The molecule has 0 aliphatic carbocycles. The first kappa shape index (κ1) is 68.8. The molecular formula is C67H110O6. The molecule has 0 rings (SSSR count). The monoisotopic (exact) mass is 1010 g/mol. The van der Waals surface area contributed by atoms with Gasteiger partial charge < -0.3 is 14.2 Å². The molecule has 6 nitrogen and oxygen atoms in total. The molecular weight excluding hydrogens is 901 g/mol. The van der Waals surface area contributed by atoms with Crippen molar-refractivity contribution in [1.82, 2.24) is 0 Å². The van der Waals surface area contributed by atoms with E-state index in [-0.39, 0.29) is 44.0 Å². The van der Waals surface area contributed by atoms with Crippen LogP contribution in [0.15, 0.2) is 122 Å². The minimum Gasteiger partial charge on any atom is -0.462 e. The summed E-state index contributed by atoms with van der Waals surface area (Å²) >= 11 is 0. The molecule has 0 unspecified atom stereocenters. The number of carbonyl (C=O) groups excluding carboxylic acids is 3. The fraction of sp³-hybridized carbons (Fsp3) is 0.657. The van der Waals surface area contributed by atoms with Gasteiger partial charge in [-0.25, -0.2) is 0 Å². The summed E-state index contributed by atoms with van der Waals surface area (Å²) in [5, 5.41) is 0. The molecule has 0 N–H and O–H groups in total. The van der Waals surface area contributed by atoms with Gasteiger partial charge in [-0.15, -0.1) is 0 Å². The quantitative estimate of drug-likeness (QED) is 0.0261. The summed E-state index contributed by atoms with van der Waals surface area (Å²) in [6, 6.07) is 0. The SMILES string of the molecule is CC/C=C\C/C=C\C/C=C\C/C=C\C/C=C\CCCC(=O)OCC(COC(=O)CCC/C=C\C/C=C\C/C=C\C/C=C\C/C=C\CC)OC(=O)CCCCCCCCCCCCCCCCCCCCCCC. The predicted octanol–water partition coefficient (Wildman–Crippen LogP) is 20.4. The van der Waals surface area contributed by atoms with Gasteiger partial charge in [0.05, 0.1) is 0 Å². The zero-order valence-electron chi connectivity index (χ0n) is 47.4. The molecule has 0 fully saturated rings. The number of allylic oxidation sites excluding steroid dienone is 20. The normalized spacial score (nSPS) is 12.6. The van der Waals surface area contributed by atoms with Crippen molar-refractivity contribution < 1.29 is 28.6 Å². The second kappa shape index (κ2) is 60.4. The van der Waals surface area contributed by atoms with E-state index in [1.54, 1.807) is 0 Å². The molecule has 6 heteroatoms. The Labute approximate surface area is 450 Å². The van der Waals surface area contributed by atoms with E-state index in [1.807, 2.05) is 0 Å². The van der Waals surface area contributed by atoms with Crippen molar-refractivity contribution >= 4 is 17.9 Å². The van der Waals surface area contributed by atoms with Crippen LogP contribution in [-0.2, 0) is 28.6 Å². The summed E-state index contributed by atoms with van der Waals surface area (Å²) < 4.78 is 16.8. The molecule has 0 radical (unpaired) electrons. The Bertz CT molecular complexity index is 1450. The van der Waals surface area contributed by atoms with Crippen LogP contribution in [0, 0.1) is 0 Å². The van der Waals surface area contributed by atoms with Crippen molar-refractivity contribution in [2.45, 2.75) is 271 Å². The van der Waals surface area contributed by atoms with E-state index in [0.29, 0.717) is 19.3 Å². The van der Waals surface area contributed by atoms with E-state index in [4.69, 9.17) is 14.2 Å². The number of hydrogen-bond acceptors (Lipinski definition) is 6. The standard InChI is InChI=1S/C67H110O6/c1-4-7-10-13-16-19-22-25-28-31-32-33-34-37-40-43-46-49-52-55-58-61-67(70)73-64(62-71-65(68)59-56-53-50-47-44-41-38-35-29-26-23-20-17-14-11-8-5-2)63-72-66(69)60-57-54-51-48-45-42-39-36-30-27-24-21-18-15-12-9-6-3/h8-9,11-12,17-18,20-21,26-27,29-30,38-39,41-42,47-48,50-51,64H,4-7,10,13-16,19,22-25,28,31-37,40,43-46,49,52-63H2,1-3H3/b11-8-,12-9-,20-17-,21-18-,29-26-,30-27-,41-38-,42-39-,50-47-,51-48-. The maximum Gasteiger partial charge on any atom is 0.306 e. The fourth-order valence-corrected chi connectivity index (χ4v) is 8.04. The van der Waals surface area contributed by atoms with Gasteiger partial charge in [0.25, 0.3) is 0 Å². The van der Waals surface area contributed by atoms with Gasteiger partial charge in [0.2, 0.25) is 0 Å². The van der Waals surface area contributed by atoms with E-state index in [1.165, 1.54) is 116 Å². The van der Waals surface area contributed by atoms with Crippen LogP contribution in [0.2, 0.25) is 0 Å². The number of ether oxygens (including phenoxy) is 3. The Kier molecular flexibility index (Phi) is 56.9. The molecule has 73 heavy (non-hydrogen) atoms. The molecule has 0 saturated heterocycles. The summed E-state index contributed by atoms with van der Waals surface area (Å²) in [5.74, 6) is -1.03. The summed E-state index contributed by atoms with van der Waals surface area (Å²) in [7, 11) is 0. The Balaban J connectivity index is 4.51. The zero-order valence-corrected chi connectivity index (χ0v) is 47.4. The fourth-order valence-electron chi connectivity index (χ4n) is 8.04. The van der Waals surface area contributed by atoms with Gasteiger partial charge in [-0.3, -0.25) is 14.4 Å². The third kappa shape index (κ3) is 58.6. The van der Waals surface area contributed by atoms with E-state index in [9.17, 15) is 14.4 Å². The minimum atomic E-state index is -0.827. The molecule has 0 amide bonds. The van der Waals surface area contributed by atoms with E-state index >= 15 is 0 Å². The van der Waals surface area contributed by atoms with Gasteiger partial charge in [0.15, 0.2) is 6.10 Å². The number of carbonyl (C=O) groups is 3. The lowest BCUT2D eigenvalue weighted by Crippen LogP contribution is -2.30. The molecule has 414 valence electrons. The molecule has 0 spiro atoms. The zero-order chi connectivity index (χ0) is 52.9. The highest BCUT2D eigenvalue weighted by molar-refractivity contribution is 5.71. The Hall–Kier alpha value is -4.19. The van der Waals surface area contributed by atoms with Crippen molar-refractivity contribution in [2.24, 2.45) is 0 Å². The van der Waals surface area contributed by atoms with Crippen molar-refractivity contribution in [3.8, 4) is 0 Å². The predicted molar refractivity (Wildman–Crippen MR) is 316 cm³/mol. The third-order valence-corrected chi connectivity index (χ3v) is 12.5. The first-order valence-corrected chi connectivity index (χ1v) is 30.0. The molecule has 0 aromatic carbocycles. The average molecular weight is 1010 g/mol. The van der Waals surface area contributed by atoms with Crippen LogP contribution in [0.5, 0.6) is 0 Å².